The molecule has 2 aliphatic heterocycles. The monoisotopic (exact) mass is 600 g/mol. The smallest absolute Gasteiger partial charge is 0.435 e. The molecule has 4 rings (SSSR count). The van der Waals surface area contributed by atoms with Gasteiger partial charge in [0.2, 0.25) is 0 Å². The van der Waals surface area contributed by atoms with Crippen molar-refractivity contribution in [3.8, 4) is 0 Å². The van der Waals surface area contributed by atoms with Crippen molar-refractivity contribution in [1.82, 2.24) is 4.90 Å². The minimum Gasteiger partial charge on any atom is -0.444 e. The molecule has 0 bridgehead atoms. The standard InChI is InChI=1S/C25H21Cl2F7N2O3/c1-21(2,3)38-20(37)36-11-22(28,12-36)14-6-4-13(5-7-14)18-10-23(39-35-18,25(32,33)34)15-8-16(24(29,30)31)19(27)17(26)9-15/h4-9H,10-12H2,1-3H3. The Balaban J connectivity index is 1.56. The molecular formula is C25H21Cl2F7N2O3. The molecule has 0 aromatic heterocycles. The van der Waals surface area contributed by atoms with Crippen molar-refractivity contribution >= 4 is 35.0 Å². The van der Waals surface area contributed by atoms with Crippen LogP contribution in [-0.4, -0.2) is 41.6 Å². The number of hydrogen-bond donors (Lipinski definition) is 0. The average Bonchev–Trinajstić information content (AvgIpc) is 3.24. The summed E-state index contributed by atoms with van der Waals surface area (Å²) in [5, 5.41) is 1.84. The third kappa shape index (κ3) is 5.50. The lowest BCUT2D eigenvalue weighted by Crippen LogP contribution is -2.59. The molecule has 0 radical (unpaired) electrons. The third-order valence-electron chi connectivity index (χ3n) is 6.26. The van der Waals surface area contributed by atoms with Gasteiger partial charge in [0.1, 0.15) is 5.60 Å². The Bertz CT molecular complexity index is 1320. The Morgan fingerprint density at radius 1 is 1.00 bits per heavy atom. The molecule has 1 atom stereocenters. The number of benzene rings is 2. The highest BCUT2D eigenvalue weighted by atomic mass is 35.5. The summed E-state index contributed by atoms with van der Waals surface area (Å²) >= 11 is 11.4. The number of amides is 1. The van der Waals surface area contributed by atoms with E-state index in [1.54, 1.807) is 20.8 Å². The predicted octanol–water partition coefficient (Wildman–Crippen LogP) is 8.01. The van der Waals surface area contributed by atoms with Crippen molar-refractivity contribution in [2.45, 2.75) is 56.4 Å². The van der Waals surface area contributed by atoms with Gasteiger partial charge in [0, 0.05) is 12.0 Å². The van der Waals surface area contributed by atoms with E-state index in [0.717, 1.165) is 0 Å². The maximum Gasteiger partial charge on any atom is 0.435 e. The number of nitrogens with zero attached hydrogens (tertiary/aromatic N) is 2. The van der Waals surface area contributed by atoms with Crippen molar-refractivity contribution in [3.05, 3.63) is 68.7 Å². The van der Waals surface area contributed by atoms with Gasteiger partial charge in [0.05, 0.1) is 34.4 Å². The van der Waals surface area contributed by atoms with Gasteiger partial charge in [0.15, 0.2) is 5.67 Å². The number of likely N-dealkylation sites (tertiary alicyclic amines) is 1. The molecule has 212 valence electrons. The van der Waals surface area contributed by atoms with Crippen LogP contribution in [0.3, 0.4) is 0 Å². The number of hydrogen-bond acceptors (Lipinski definition) is 4. The van der Waals surface area contributed by atoms with Gasteiger partial charge in [-0.3, -0.25) is 0 Å². The maximum absolute atomic E-state index is 15.3. The minimum absolute atomic E-state index is 0.132. The molecule has 2 aromatic carbocycles. The van der Waals surface area contributed by atoms with Gasteiger partial charge in [-0.05, 0) is 44.0 Å². The number of oxime groups is 1. The number of carbonyl (C=O) groups excluding carboxylic acids is 1. The lowest BCUT2D eigenvalue weighted by molar-refractivity contribution is -0.276. The van der Waals surface area contributed by atoms with E-state index in [-0.39, 0.29) is 36.0 Å². The van der Waals surface area contributed by atoms with E-state index in [1.807, 2.05) is 0 Å². The molecule has 0 spiro atoms. The number of alkyl halides is 7. The van der Waals surface area contributed by atoms with E-state index in [4.69, 9.17) is 32.8 Å². The molecule has 14 heteroatoms. The molecule has 1 amide bonds. The van der Waals surface area contributed by atoms with Crippen molar-refractivity contribution < 1.29 is 45.1 Å². The zero-order chi connectivity index (χ0) is 29.2. The molecule has 0 aliphatic carbocycles. The Morgan fingerprint density at radius 2 is 1.59 bits per heavy atom. The van der Waals surface area contributed by atoms with Crippen LogP contribution < -0.4 is 0 Å². The quantitative estimate of drug-likeness (QED) is 0.335. The zero-order valence-electron chi connectivity index (χ0n) is 20.6. The molecule has 39 heavy (non-hydrogen) atoms. The van der Waals surface area contributed by atoms with Gasteiger partial charge in [0.25, 0.3) is 5.60 Å². The van der Waals surface area contributed by atoms with Crippen LogP contribution in [0.2, 0.25) is 10.0 Å². The van der Waals surface area contributed by atoms with Gasteiger partial charge < -0.3 is 14.5 Å². The average molecular weight is 601 g/mol. The van der Waals surface area contributed by atoms with Crippen LogP contribution >= 0.6 is 23.2 Å². The molecule has 1 unspecified atom stereocenters. The second kappa shape index (κ2) is 9.43. The third-order valence-corrected chi connectivity index (χ3v) is 7.06. The van der Waals surface area contributed by atoms with Crippen LogP contribution in [0.15, 0.2) is 41.6 Å². The number of rotatable bonds is 3. The topological polar surface area (TPSA) is 51.1 Å². The van der Waals surface area contributed by atoms with Gasteiger partial charge in [-0.15, -0.1) is 0 Å². The number of carbonyl (C=O) groups is 1. The second-order valence-corrected chi connectivity index (χ2v) is 11.1. The highest BCUT2D eigenvalue weighted by molar-refractivity contribution is 6.42. The fourth-order valence-corrected chi connectivity index (χ4v) is 4.68. The Labute approximate surface area is 228 Å². The van der Waals surface area contributed by atoms with Gasteiger partial charge in [-0.25, -0.2) is 9.18 Å². The zero-order valence-corrected chi connectivity index (χ0v) is 22.1. The summed E-state index contributed by atoms with van der Waals surface area (Å²) in [6, 6.07) is 6.20. The SMILES string of the molecule is CC(C)(C)OC(=O)N1CC(F)(c2ccc(C3=NOC(c4cc(Cl)c(Cl)c(C(F)(F)F)c4)(C(F)(F)F)C3)cc2)C1. The van der Waals surface area contributed by atoms with E-state index in [2.05, 4.69) is 5.16 Å². The van der Waals surface area contributed by atoms with Gasteiger partial charge >= 0.3 is 18.4 Å². The van der Waals surface area contributed by atoms with Gasteiger partial charge in [-0.2, -0.15) is 26.3 Å². The van der Waals surface area contributed by atoms with Crippen LogP contribution in [0.5, 0.6) is 0 Å². The van der Waals surface area contributed by atoms with E-state index in [1.165, 1.54) is 29.2 Å². The first-order valence-corrected chi connectivity index (χ1v) is 12.2. The summed E-state index contributed by atoms with van der Waals surface area (Å²) in [6.07, 6.45) is -11.9. The number of halogens is 9. The normalized spacial score (nSPS) is 21.2. The van der Waals surface area contributed by atoms with E-state index >= 15 is 4.39 Å². The fraction of sp³-hybridized carbons (Fsp3) is 0.440. The van der Waals surface area contributed by atoms with Crippen LogP contribution in [0.4, 0.5) is 35.5 Å². The molecule has 0 saturated carbocycles. The highest BCUT2D eigenvalue weighted by Gasteiger charge is 2.63. The summed E-state index contributed by atoms with van der Waals surface area (Å²) in [7, 11) is 0. The van der Waals surface area contributed by atoms with Crippen molar-refractivity contribution in [3.63, 3.8) is 0 Å². The predicted molar refractivity (Wildman–Crippen MR) is 128 cm³/mol. The molecule has 0 N–H and O–H groups in total. The summed E-state index contributed by atoms with van der Waals surface area (Å²) < 4.78 is 104. The molecule has 2 heterocycles. The first-order chi connectivity index (χ1) is 17.8. The van der Waals surface area contributed by atoms with E-state index in [9.17, 15) is 31.1 Å². The summed E-state index contributed by atoms with van der Waals surface area (Å²) in [5.74, 6) is 0. The Morgan fingerprint density at radius 3 is 2.10 bits per heavy atom. The number of ether oxygens (including phenoxy) is 1. The molecule has 5 nitrogen and oxygen atoms in total. The maximum atomic E-state index is 15.3. The Kier molecular flexibility index (Phi) is 7.08. The molecule has 1 saturated heterocycles. The first kappa shape index (κ1) is 29.3. The van der Waals surface area contributed by atoms with Crippen molar-refractivity contribution in [2.75, 3.05) is 13.1 Å². The second-order valence-electron chi connectivity index (χ2n) is 10.3. The summed E-state index contributed by atoms with van der Waals surface area (Å²) in [5.41, 5.74) is -8.31. The van der Waals surface area contributed by atoms with Crippen LogP contribution in [0.1, 0.15) is 49.4 Å². The van der Waals surface area contributed by atoms with E-state index in [0.29, 0.717) is 6.07 Å². The molecular weight excluding hydrogens is 580 g/mol. The lowest BCUT2D eigenvalue weighted by atomic mass is 9.84. The lowest BCUT2D eigenvalue weighted by Gasteiger charge is -2.44. The van der Waals surface area contributed by atoms with Gasteiger partial charge in [-0.1, -0.05) is 52.6 Å². The summed E-state index contributed by atoms with van der Waals surface area (Å²) in [6.45, 7) is 4.46. The van der Waals surface area contributed by atoms with E-state index < -0.39 is 62.9 Å². The van der Waals surface area contributed by atoms with Crippen LogP contribution in [0.25, 0.3) is 0 Å². The largest absolute Gasteiger partial charge is 0.444 e. The molecule has 2 aliphatic rings. The minimum atomic E-state index is -5.20. The fourth-order valence-electron chi connectivity index (χ4n) is 4.25. The Hall–Kier alpha value is -2.73. The van der Waals surface area contributed by atoms with Crippen LogP contribution in [-0.2, 0) is 27.0 Å². The highest BCUT2D eigenvalue weighted by Crippen LogP contribution is 2.51. The summed E-state index contributed by atoms with van der Waals surface area (Å²) in [4.78, 5) is 18.1. The molecule has 2 aromatic rings. The first-order valence-electron chi connectivity index (χ1n) is 11.4. The van der Waals surface area contributed by atoms with Crippen molar-refractivity contribution in [1.29, 1.82) is 0 Å². The van der Waals surface area contributed by atoms with Crippen molar-refractivity contribution in [2.24, 2.45) is 5.16 Å². The molecule has 1 fully saturated rings. The van der Waals surface area contributed by atoms with Crippen LogP contribution in [0, 0.1) is 0 Å².